The summed E-state index contributed by atoms with van der Waals surface area (Å²) < 4.78 is 5.72. The maximum absolute atomic E-state index is 12.4. The van der Waals surface area contributed by atoms with Crippen molar-refractivity contribution in [2.24, 2.45) is 0 Å². The van der Waals surface area contributed by atoms with E-state index in [1.165, 1.54) is 0 Å². The van der Waals surface area contributed by atoms with Gasteiger partial charge in [-0.1, -0.05) is 0 Å². The average molecular weight is 275 g/mol. The molecule has 0 spiro atoms. The van der Waals surface area contributed by atoms with Crippen molar-refractivity contribution >= 4 is 5.91 Å². The smallest absolute Gasteiger partial charge is 0.254 e. The van der Waals surface area contributed by atoms with Gasteiger partial charge in [-0.05, 0) is 25.5 Å². The Balaban J connectivity index is 1.63. The van der Waals surface area contributed by atoms with Crippen LogP contribution < -0.4 is 0 Å². The van der Waals surface area contributed by atoms with Crippen molar-refractivity contribution in [1.82, 2.24) is 14.8 Å². The number of amides is 1. The molecule has 108 valence electrons. The van der Waals surface area contributed by atoms with Gasteiger partial charge in [0.2, 0.25) is 0 Å². The summed E-state index contributed by atoms with van der Waals surface area (Å²) in [6.45, 7) is 6.38. The van der Waals surface area contributed by atoms with E-state index in [0.29, 0.717) is 12.1 Å². The highest BCUT2D eigenvalue weighted by Crippen LogP contribution is 2.24. The molecule has 1 aromatic rings. The van der Waals surface area contributed by atoms with E-state index in [9.17, 15) is 4.79 Å². The van der Waals surface area contributed by atoms with Crippen molar-refractivity contribution < 1.29 is 9.53 Å². The first kappa shape index (κ1) is 13.5. The van der Waals surface area contributed by atoms with Crippen molar-refractivity contribution in [3.05, 3.63) is 30.1 Å². The lowest BCUT2D eigenvalue weighted by Gasteiger charge is -2.37. The van der Waals surface area contributed by atoms with E-state index in [1.54, 1.807) is 24.5 Å². The molecule has 0 unspecified atom stereocenters. The average Bonchev–Trinajstić information content (AvgIpc) is 2.89. The fraction of sp³-hybridized carbons (Fsp3) is 0.600. The molecule has 5 heteroatoms. The largest absolute Gasteiger partial charge is 0.377 e. The second-order valence-electron chi connectivity index (χ2n) is 5.45. The summed E-state index contributed by atoms with van der Waals surface area (Å²) in [5, 5.41) is 0. The van der Waals surface area contributed by atoms with Gasteiger partial charge in [0.25, 0.3) is 5.91 Å². The van der Waals surface area contributed by atoms with Crippen LogP contribution in [0, 0.1) is 0 Å². The normalized spacial score (nSPS) is 26.6. The van der Waals surface area contributed by atoms with Crippen molar-refractivity contribution in [2.45, 2.75) is 25.5 Å². The van der Waals surface area contributed by atoms with E-state index >= 15 is 0 Å². The molecule has 2 aliphatic rings. The molecule has 0 aliphatic carbocycles. The Morgan fingerprint density at radius 1 is 1.35 bits per heavy atom. The molecule has 0 bridgehead atoms. The van der Waals surface area contributed by atoms with E-state index < -0.39 is 0 Å². The number of nitrogens with zero attached hydrogens (tertiary/aromatic N) is 3. The molecule has 1 amide bonds. The molecule has 0 radical (unpaired) electrons. The predicted octanol–water partition coefficient (Wildman–Crippen LogP) is 1.02. The number of pyridine rings is 1. The Kier molecular flexibility index (Phi) is 3.98. The number of piperazine rings is 1. The minimum absolute atomic E-state index is 0.118. The highest BCUT2D eigenvalue weighted by atomic mass is 16.5. The number of carbonyl (C=O) groups excluding carboxylic acids is 1. The summed E-state index contributed by atoms with van der Waals surface area (Å²) in [5.74, 6) is 0.118. The molecule has 0 N–H and O–H groups in total. The highest BCUT2D eigenvalue weighted by Gasteiger charge is 2.37. The molecule has 2 aliphatic heterocycles. The summed E-state index contributed by atoms with van der Waals surface area (Å²) in [5.41, 5.74) is 0.729. The Morgan fingerprint density at radius 3 is 2.90 bits per heavy atom. The van der Waals surface area contributed by atoms with Gasteiger partial charge >= 0.3 is 0 Å². The third kappa shape index (κ3) is 2.69. The maximum Gasteiger partial charge on any atom is 0.254 e. The van der Waals surface area contributed by atoms with Crippen LogP contribution in [0.1, 0.15) is 23.7 Å². The van der Waals surface area contributed by atoms with Crippen LogP contribution in [0.5, 0.6) is 0 Å². The number of ether oxygens (including phenoxy) is 1. The van der Waals surface area contributed by atoms with Gasteiger partial charge in [0.15, 0.2) is 0 Å². The van der Waals surface area contributed by atoms with Gasteiger partial charge in [-0.2, -0.15) is 0 Å². The zero-order chi connectivity index (χ0) is 13.9. The second-order valence-corrected chi connectivity index (χ2v) is 5.45. The number of fused-ring (bicyclic) bond motifs is 1. The molecule has 2 atom stereocenters. The van der Waals surface area contributed by atoms with E-state index in [-0.39, 0.29) is 5.91 Å². The molecule has 5 nitrogen and oxygen atoms in total. The summed E-state index contributed by atoms with van der Waals surface area (Å²) in [6.07, 6.45) is 4.71. The minimum atomic E-state index is 0.118. The molecule has 0 aromatic carbocycles. The topological polar surface area (TPSA) is 45.7 Å². The lowest BCUT2D eigenvalue weighted by molar-refractivity contribution is 0.0553. The fourth-order valence-electron chi connectivity index (χ4n) is 3.21. The highest BCUT2D eigenvalue weighted by molar-refractivity contribution is 5.94. The van der Waals surface area contributed by atoms with Crippen LogP contribution in [-0.2, 0) is 4.74 Å². The standard InChI is InChI=1S/C15H21N3O2/c1-2-20-14-9-13-10-18(8-7-17(13)11-14)15(19)12-3-5-16-6-4-12/h3-6,13-14H,2,7-11H2,1H3/t13-,14+/m0/s1. The Labute approximate surface area is 119 Å². The summed E-state index contributed by atoms with van der Waals surface area (Å²) in [6, 6.07) is 4.02. The van der Waals surface area contributed by atoms with Crippen LogP contribution in [-0.4, -0.2) is 65.6 Å². The number of hydrogen-bond donors (Lipinski definition) is 0. The van der Waals surface area contributed by atoms with E-state index in [4.69, 9.17) is 4.74 Å². The van der Waals surface area contributed by atoms with E-state index in [0.717, 1.165) is 44.8 Å². The summed E-state index contributed by atoms with van der Waals surface area (Å²) >= 11 is 0. The van der Waals surface area contributed by atoms with Gasteiger partial charge in [0.1, 0.15) is 0 Å². The van der Waals surface area contributed by atoms with Gasteiger partial charge in [0, 0.05) is 56.8 Å². The second kappa shape index (κ2) is 5.89. The van der Waals surface area contributed by atoms with Crippen LogP contribution in [0.2, 0.25) is 0 Å². The Bertz CT molecular complexity index is 465. The first-order valence-corrected chi connectivity index (χ1v) is 7.33. The van der Waals surface area contributed by atoms with Gasteiger partial charge < -0.3 is 9.64 Å². The van der Waals surface area contributed by atoms with Crippen LogP contribution in [0.25, 0.3) is 0 Å². The number of rotatable bonds is 3. The van der Waals surface area contributed by atoms with Crippen molar-refractivity contribution in [1.29, 1.82) is 0 Å². The molecular formula is C15H21N3O2. The molecule has 3 heterocycles. The first-order valence-electron chi connectivity index (χ1n) is 7.33. The third-order valence-corrected chi connectivity index (χ3v) is 4.19. The monoisotopic (exact) mass is 275 g/mol. The molecule has 2 saturated heterocycles. The fourth-order valence-corrected chi connectivity index (χ4v) is 3.21. The van der Waals surface area contributed by atoms with E-state index in [1.807, 2.05) is 11.8 Å². The molecule has 2 fully saturated rings. The number of aromatic nitrogens is 1. The van der Waals surface area contributed by atoms with Gasteiger partial charge in [-0.3, -0.25) is 14.7 Å². The lowest BCUT2D eigenvalue weighted by Crippen LogP contribution is -2.52. The zero-order valence-corrected chi connectivity index (χ0v) is 11.9. The summed E-state index contributed by atoms with van der Waals surface area (Å²) in [7, 11) is 0. The minimum Gasteiger partial charge on any atom is -0.377 e. The summed E-state index contributed by atoms with van der Waals surface area (Å²) in [4.78, 5) is 20.8. The Hall–Kier alpha value is -1.46. The van der Waals surface area contributed by atoms with Crippen LogP contribution >= 0.6 is 0 Å². The van der Waals surface area contributed by atoms with Crippen molar-refractivity contribution in [3.8, 4) is 0 Å². The maximum atomic E-state index is 12.4. The predicted molar refractivity (Wildman–Crippen MR) is 75.5 cm³/mol. The number of carbonyl (C=O) groups is 1. The third-order valence-electron chi connectivity index (χ3n) is 4.19. The molecule has 3 rings (SSSR count). The van der Waals surface area contributed by atoms with E-state index in [2.05, 4.69) is 9.88 Å². The lowest BCUT2D eigenvalue weighted by atomic mass is 10.1. The first-order chi connectivity index (χ1) is 9.78. The Morgan fingerprint density at radius 2 is 2.15 bits per heavy atom. The van der Waals surface area contributed by atoms with Crippen LogP contribution in [0.3, 0.4) is 0 Å². The zero-order valence-electron chi connectivity index (χ0n) is 11.9. The molecule has 20 heavy (non-hydrogen) atoms. The van der Waals surface area contributed by atoms with Crippen molar-refractivity contribution in [2.75, 3.05) is 32.8 Å². The van der Waals surface area contributed by atoms with Crippen LogP contribution in [0.15, 0.2) is 24.5 Å². The molecular weight excluding hydrogens is 254 g/mol. The molecule has 1 aromatic heterocycles. The quantitative estimate of drug-likeness (QED) is 0.826. The SMILES string of the molecule is CCO[C@@H]1C[C@H]2CN(C(=O)c3ccncc3)CCN2C1. The van der Waals surface area contributed by atoms with Gasteiger partial charge in [-0.25, -0.2) is 0 Å². The van der Waals surface area contributed by atoms with Crippen molar-refractivity contribution in [3.63, 3.8) is 0 Å². The van der Waals surface area contributed by atoms with Crippen LogP contribution in [0.4, 0.5) is 0 Å². The number of hydrogen-bond acceptors (Lipinski definition) is 4. The van der Waals surface area contributed by atoms with Gasteiger partial charge in [-0.15, -0.1) is 0 Å². The van der Waals surface area contributed by atoms with Gasteiger partial charge in [0.05, 0.1) is 6.10 Å². The molecule has 0 saturated carbocycles.